The van der Waals surface area contributed by atoms with Gasteiger partial charge in [0.1, 0.15) is 18.9 Å². The first kappa shape index (κ1) is 25.0. The molecule has 4 rings (SSSR count). The number of rotatable bonds is 8. The molecule has 1 aliphatic rings. The Hall–Kier alpha value is -4.15. The van der Waals surface area contributed by atoms with Gasteiger partial charge in [-0.1, -0.05) is 23.7 Å². The summed E-state index contributed by atoms with van der Waals surface area (Å²) in [6, 6.07) is 19.4. The molecule has 1 aliphatic heterocycles. The van der Waals surface area contributed by atoms with Crippen LogP contribution in [-0.4, -0.2) is 33.4 Å². The summed E-state index contributed by atoms with van der Waals surface area (Å²) in [4.78, 5) is 48.8. The third kappa shape index (κ3) is 6.29. The number of hydrogen-bond donors (Lipinski definition) is 1. The van der Waals surface area contributed by atoms with Crippen molar-refractivity contribution in [1.82, 2.24) is 4.90 Å². The number of amides is 3. The lowest BCUT2D eigenvalue weighted by Gasteiger charge is -2.12. The number of carbonyl (C=O) groups is 3. The van der Waals surface area contributed by atoms with Crippen LogP contribution in [0.2, 0.25) is 5.02 Å². The Labute approximate surface area is 214 Å². The molecule has 3 aromatic carbocycles. The quantitative estimate of drug-likeness (QED) is 0.235. The first-order valence-corrected chi connectivity index (χ1v) is 11.7. The third-order valence-electron chi connectivity index (χ3n) is 5.01. The van der Waals surface area contributed by atoms with Gasteiger partial charge in [0.15, 0.2) is 0 Å². The number of nitro groups is 1. The zero-order valence-corrected chi connectivity index (χ0v) is 20.1. The fraction of sp³-hybridized carbons (Fsp3) is 0.0800. The molecule has 0 bridgehead atoms. The Morgan fingerprint density at radius 2 is 1.81 bits per heavy atom. The van der Waals surface area contributed by atoms with Crippen LogP contribution in [0.5, 0.6) is 5.75 Å². The zero-order valence-electron chi connectivity index (χ0n) is 18.5. The van der Waals surface area contributed by atoms with Crippen LogP contribution >= 0.6 is 23.4 Å². The van der Waals surface area contributed by atoms with Gasteiger partial charge in [-0.15, -0.1) is 0 Å². The second kappa shape index (κ2) is 11.1. The maximum atomic E-state index is 12.8. The summed E-state index contributed by atoms with van der Waals surface area (Å²) in [6.45, 7) is -0.219. The SMILES string of the molecule is O=C(CN1C(=O)S/C(=C/c2cccc(OCc3ccc([N+](=O)[O-])cc3)c2)C1=O)Nc1ccc(Cl)cc1. The standard InChI is InChI=1S/C25H18ClN3O6S/c26-18-6-8-19(9-7-18)27-23(30)14-28-24(31)22(36-25(28)32)13-17-2-1-3-21(12-17)35-15-16-4-10-20(11-5-16)29(33)34/h1-13H,14-15H2,(H,27,30)/b22-13+. The Balaban J connectivity index is 1.38. The highest BCUT2D eigenvalue weighted by Crippen LogP contribution is 2.32. The number of nitrogens with zero attached hydrogens (tertiary/aromatic N) is 2. The molecule has 36 heavy (non-hydrogen) atoms. The van der Waals surface area contributed by atoms with Crippen LogP contribution in [0.15, 0.2) is 77.7 Å². The number of nitrogens with one attached hydrogen (secondary N) is 1. The van der Waals surface area contributed by atoms with Gasteiger partial charge >= 0.3 is 0 Å². The number of nitro benzene ring substituents is 1. The maximum Gasteiger partial charge on any atom is 0.294 e. The van der Waals surface area contributed by atoms with Crippen molar-refractivity contribution >= 4 is 57.9 Å². The lowest BCUT2D eigenvalue weighted by molar-refractivity contribution is -0.384. The van der Waals surface area contributed by atoms with Gasteiger partial charge in [0.05, 0.1) is 9.83 Å². The molecule has 0 spiro atoms. The number of ether oxygens (including phenoxy) is 1. The van der Waals surface area contributed by atoms with Gasteiger partial charge in [0.2, 0.25) is 5.91 Å². The fourth-order valence-electron chi connectivity index (χ4n) is 3.24. The Morgan fingerprint density at radius 3 is 2.50 bits per heavy atom. The topological polar surface area (TPSA) is 119 Å². The lowest BCUT2D eigenvalue weighted by Crippen LogP contribution is -2.36. The number of anilines is 1. The van der Waals surface area contributed by atoms with E-state index in [0.717, 1.165) is 22.2 Å². The molecule has 11 heteroatoms. The fourth-order valence-corrected chi connectivity index (χ4v) is 4.20. The molecule has 1 heterocycles. The summed E-state index contributed by atoms with van der Waals surface area (Å²) in [5, 5.41) is 13.4. The minimum absolute atomic E-state index is 0.00263. The van der Waals surface area contributed by atoms with E-state index in [1.807, 2.05) is 0 Å². The zero-order chi connectivity index (χ0) is 25.7. The van der Waals surface area contributed by atoms with E-state index in [9.17, 15) is 24.5 Å². The number of imide groups is 1. The van der Waals surface area contributed by atoms with E-state index < -0.39 is 28.5 Å². The van der Waals surface area contributed by atoms with Crippen LogP contribution in [0.25, 0.3) is 6.08 Å². The summed E-state index contributed by atoms with van der Waals surface area (Å²) in [5.41, 5.74) is 1.88. The van der Waals surface area contributed by atoms with Crippen molar-refractivity contribution in [3.8, 4) is 5.75 Å². The highest BCUT2D eigenvalue weighted by atomic mass is 35.5. The smallest absolute Gasteiger partial charge is 0.294 e. The van der Waals surface area contributed by atoms with E-state index in [2.05, 4.69) is 5.32 Å². The molecule has 9 nitrogen and oxygen atoms in total. The monoisotopic (exact) mass is 523 g/mol. The summed E-state index contributed by atoms with van der Waals surface area (Å²) in [6.07, 6.45) is 1.56. The largest absolute Gasteiger partial charge is 0.489 e. The summed E-state index contributed by atoms with van der Waals surface area (Å²) >= 11 is 6.58. The van der Waals surface area contributed by atoms with Gasteiger partial charge in [-0.2, -0.15) is 0 Å². The summed E-state index contributed by atoms with van der Waals surface area (Å²) in [7, 11) is 0. The molecule has 0 unspecified atom stereocenters. The van der Waals surface area contributed by atoms with Crippen molar-refractivity contribution in [3.05, 3.63) is 104 Å². The minimum Gasteiger partial charge on any atom is -0.489 e. The number of hydrogen-bond acceptors (Lipinski definition) is 7. The van der Waals surface area contributed by atoms with Crippen molar-refractivity contribution < 1.29 is 24.0 Å². The van der Waals surface area contributed by atoms with Crippen LogP contribution in [-0.2, 0) is 16.2 Å². The molecule has 182 valence electrons. The van der Waals surface area contributed by atoms with Gasteiger partial charge in [0, 0.05) is 22.8 Å². The molecule has 1 saturated heterocycles. The molecular weight excluding hydrogens is 506 g/mol. The number of benzene rings is 3. The van der Waals surface area contributed by atoms with E-state index in [1.165, 1.54) is 12.1 Å². The maximum absolute atomic E-state index is 12.8. The van der Waals surface area contributed by atoms with Gasteiger partial charge in [-0.3, -0.25) is 29.4 Å². The van der Waals surface area contributed by atoms with E-state index in [-0.39, 0.29) is 17.2 Å². The number of carbonyl (C=O) groups excluding carboxylic acids is 3. The highest BCUT2D eigenvalue weighted by molar-refractivity contribution is 8.18. The summed E-state index contributed by atoms with van der Waals surface area (Å²) < 4.78 is 5.75. The van der Waals surface area contributed by atoms with Gasteiger partial charge < -0.3 is 10.1 Å². The molecule has 0 aliphatic carbocycles. The molecule has 0 radical (unpaired) electrons. The van der Waals surface area contributed by atoms with E-state index in [4.69, 9.17) is 16.3 Å². The van der Waals surface area contributed by atoms with Crippen LogP contribution < -0.4 is 10.1 Å². The van der Waals surface area contributed by atoms with Crippen LogP contribution in [0.4, 0.5) is 16.2 Å². The molecule has 3 amide bonds. The molecule has 1 N–H and O–H groups in total. The van der Waals surface area contributed by atoms with Crippen molar-refractivity contribution in [2.24, 2.45) is 0 Å². The van der Waals surface area contributed by atoms with Gasteiger partial charge in [-0.05, 0) is 77.5 Å². The van der Waals surface area contributed by atoms with Crippen LogP contribution in [0.3, 0.4) is 0 Å². The molecule has 0 atom stereocenters. The highest BCUT2D eigenvalue weighted by Gasteiger charge is 2.36. The van der Waals surface area contributed by atoms with Crippen LogP contribution in [0, 0.1) is 10.1 Å². The molecule has 0 saturated carbocycles. The van der Waals surface area contributed by atoms with Crippen molar-refractivity contribution in [2.45, 2.75) is 6.61 Å². The summed E-state index contributed by atoms with van der Waals surface area (Å²) in [5.74, 6) is -0.556. The second-order valence-electron chi connectivity index (χ2n) is 7.61. The molecule has 3 aromatic rings. The Morgan fingerprint density at radius 1 is 1.08 bits per heavy atom. The van der Waals surface area contributed by atoms with Gasteiger partial charge in [-0.25, -0.2) is 0 Å². The first-order chi connectivity index (χ1) is 17.3. The minimum atomic E-state index is -0.562. The molecule has 0 aromatic heterocycles. The second-order valence-corrected chi connectivity index (χ2v) is 9.04. The first-order valence-electron chi connectivity index (χ1n) is 10.6. The van der Waals surface area contributed by atoms with E-state index in [0.29, 0.717) is 22.0 Å². The Kier molecular flexibility index (Phi) is 7.67. The van der Waals surface area contributed by atoms with E-state index >= 15 is 0 Å². The third-order valence-corrected chi connectivity index (χ3v) is 6.17. The van der Waals surface area contributed by atoms with Crippen LogP contribution in [0.1, 0.15) is 11.1 Å². The normalized spacial score (nSPS) is 14.2. The van der Waals surface area contributed by atoms with E-state index in [1.54, 1.807) is 66.7 Å². The lowest BCUT2D eigenvalue weighted by atomic mass is 10.2. The molecule has 1 fully saturated rings. The van der Waals surface area contributed by atoms with Crippen molar-refractivity contribution in [2.75, 3.05) is 11.9 Å². The number of non-ortho nitro benzene ring substituents is 1. The number of halogens is 1. The molecular formula is C25H18ClN3O6S. The van der Waals surface area contributed by atoms with Gasteiger partial charge in [0.25, 0.3) is 16.8 Å². The predicted molar refractivity (Wildman–Crippen MR) is 137 cm³/mol. The van der Waals surface area contributed by atoms with Crippen molar-refractivity contribution in [3.63, 3.8) is 0 Å². The average molecular weight is 524 g/mol. The average Bonchev–Trinajstić information content (AvgIpc) is 3.12. The number of thioether (sulfide) groups is 1. The Bertz CT molecular complexity index is 1360. The van der Waals surface area contributed by atoms with Crippen molar-refractivity contribution in [1.29, 1.82) is 0 Å². The predicted octanol–water partition coefficient (Wildman–Crippen LogP) is 5.50.